The second-order valence-electron chi connectivity index (χ2n) is 8.73. The lowest BCUT2D eigenvalue weighted by atomic mass is 9.89. The number of hydrogen-bond donors (Lipinski definition) is 0. The second kappa shape index (κ2) is 7.80. The van der Waals surface area contributed by atoms with Gasteiger partial charge in [0.15, 0.2) is 0 Å². The molecule has 2 saturated heterocycles. The molecule has 1 aliphatic carbocycles. The van der Waals surface area contributed by atoms with Crippen LogP contribution in [0.4, 0.5) is 0 Å². The Hall–Kier alpha value is -1.59. The molecule has 5 heteroatoms. The first kappa shape index (κ1) is 18.8. The van der Waals surface area contributed by atoms with E-state index in [1.54, 1.807) is 7.11 Å². The molecular weight excluding hydrogens is 338 g/mol. The van der Waals surface area contributed by atoms with E-state index >= 15 is 0 Å². The van der Waals surface area contributed by atoms with E-state index in [0.29, 0.717) is 36.4 Å². The molecule has 1 amide bonds. The standard InChI is InChI=1S/C22H33N3O2/c1-23(18-6-4-5-7-18)15-21(26)25-13-17-12-24(2)22(20(17)14-25)16-8-10-19(27-3)11-9-16/h8-11,17-18,20,22H,4-7,12-15H2,1-3H3/t17-,20+,22+/m0/s1. The summed E-state index contributed by atoms with van der Waals surface area (Å²) >= 11 is 0. The molecule has 3 fully saturated rings. The van der Waals surface area contributed by atoms with Gasteiger partial charge in [-0.2, -0.15) is 0 Å². The number of carbonyl (C=O) groups is 1. The van der Waals surface area contributed by atoms with Gasteiger partial charge in [-0.25, -0.2) is 0 Å². The van der Waals surface area contributed by atoms with Gasteiger partial charge in [0.05, 0.1) is 13.7 Å². The average molecular weight is 372 g/mol. The first-order valence-electron chi connectivity index (χ1n) is 10.4. The van der Waals surface area contributed by atoms with E-state index in [1.807, 2.05) is 12.1 Å². The highest BCUT2D eigenvalue weighted by atomic mass is 16.5. The number of rotatable bonds is 5. The number of methoxy groups -OCH3 is 1. The molecule has 4 rings (SSSR count). The topological polar surface area (TPSA) is 36.0 Å². The summed E-state index contributed by atoms with van der Waals surface area (Å²) in [6.45, 7) is 3.46. The minimum atomic E-state index is 0.315. The third kappa shape index (κ3) is 3.72. The van der Waals surface area contributed by atoms with Crippen LogP contribution in [0.3, 0.4) is 0 Å². The molecule has 0 N–H and O–H groups in total. The zero-order valence-corrected chi connectivity index (χ0v) is 16.9. The predicted octanol–water partition coefficient (Wildman–Crippen LogP) is 2.63. The van der Waals surface area contributed by atoms with E-state index in [0.717, 1.165) is 25.4 Å². The fraction of sp³-hybridized carbons (Fsp3) is 0.682. The summed E-state index contributed by atoms with van der Waals surface area (Å²) in [5, 5.41) is 0. The normalized spacial score (nSPS) is 28.9. The molecule has 27 heavy (non-hydrogen) atoms. The fourth-order valence-electron chi connectivity index (χ4n) is 5.55. The Morgan fingerprint density at radius 2 is 1.85 bits per heavy atom. The molecule has 1 aromatic carbocycles. The molecule has 0 unspecified atom stereocenters. The first-order valence-corrected chi connectivity index (χ1v) is 10.4. The first-order chi connectivity index (χ1) is 13.1. The van der Waals surface area contributed by atoms with Gasteiger partial charge in [-0.15, -0.1) is 0 Å². The van der Waals surface area contributed by atoms with Gasteiger partial charge in [-0.1, -0.05) is 25.0 Å². The van der Waals surface area contributed by atoms with Crippen molar-refractivity contribution in [2.45, 2.75) is 37.8 Å². The van der Waals surface area contributed by atoms with Crippen LogP contribution < -0.4 is 4.74 Å². The molecule has 3 aliphatic rings. The molecule has 0 aromatic heterocycles. The summed E-state index contributed by atoms with van der Waals surface area (Å²) in [6, 6.07) is 9.46. The fourth-order valence-corrected chi connectivity index (χ4v) is 5.55. The van der Waals surface area contributed by atoms with Crippen LogP contribution in [-0.2, 0) is 4.79 Å². The second-order valence-corrected chi connectivity index (χ2v) is 8.73. The van der Waals surface area contributed by atoms with E-state index in [9.17, 15) is 4.79 Å². The zero-order chi connectivity index (χ0) is 19.0. The molecule has 148 valence electrons. The van der Waals surface area contributed by atoms with E-state index in [2.05, 4.69) is 40.9 Å². The number of likely N-dealkylation sites (N-methyl/N-ethyl adjacent to an activating group) is 1. The van der Waals surface area contributed by atoms with E-state index in [-0.39, 0.29) is 0 Å². The Labute approximate surface area is 163 Å². The molecule has 0 radical (unpaired) electrons. The van der Waals surface area contributed by atoms with Gasteiger partial charge in [0.2, 0.25) is 5.91 Å². The number of amides is 1. The third-order valence-electron chi connectivity index (χ3n) is 7.04. The van der Waals surface area contributed by atoms with Gasteiger partial charge < -0.3 is 9.64 Å². The average Bonchev–Trinajstić information content (AvgIpc) is 3.38. The number of benzene rings is 1. The lowest BCUT2D eigenvalue weighted by Crippen LogP contribution is -2.42. The van der Waals surface area contributed by atoms with Crippen LogP contribution in [0, 0.1) is 11.8 Å². The number of likely N-dealkylation sites (tertiary alicyclic amines) is 2. The molecule has 1 aromatic rings. The van der Waals surface area contributed by atoms with Crippen LogP contribution >= 0.6 is 0 Å². The highest BCUT2D eigenvalue weighted by molar-refractivity contribution is 5.78. The lowest BCUT2D eigenvalue weighted by molar-refractivity contribution is -0.132. The van der Waals surface area contributed by atoms with E-state index in [4.69, 9.17) is 4.74 Å². The number of hydrogen-bond acceptors (Lipinski definition) is 4. The molecule has 0 spiro atoms. The van der Waals surface area contributed by atoms with Crippen molar-refractivity contribution in [1.29, 1.82) is 0 Å². The lowest BCUT2D eigenvalue weighted by Gasteiger charge is -2.29. The number of ether oxygens (including phenoxy) is 1. The van der Waals surface area contributed by atoms with Crippen molar-refractivity contribution in [3.8, 4) is 5.75 Å². The van der Waals surface area contributed by atoms with Crippen LogP contribution in [0.25, 0.3) is 0 Å². The maximum Gasteiger partial charge on any atom is 0.236 e. The van der Waals surface area contributed by atoms with Crippen molar-refractivity contribution in [3.05, 3.63) is 29.8 Å². The van der Waals surface area contributed by atoms with Crippen molar-refractivity contribution in [2.24, 2.45) is 11.8 Å². The van der Waals surface area contributed by atoms with Crippen LogP contribution in [0.1, 0.15) is 37.3 Å². The smallest absolute Gasteiger partial charge is 0.236 e. The SMILES string of the molecule is COc1ccc([C@@H]2[C@@H]3CN(C(=O)CN(C)C4CCCC4)C[C@@H]3CN2C)cc1. The number of nitrogens with zero attached hydrogens (tertiary/aromatic N) is 3. The summed E-state index contributed by atoms with van der Waals surface area (Å²) in [7, 11) is 6.04. The largest absolute Gasteiger partial charge is 0.497 e. The van der Waals surface area contributed by atoms with Gasteiger partial charge in [-0.05, 0) is 50.6 Å². The quantitative estimate of drug-likeness (QED) is 0.797. The minimum Gasteiger partial charge on any atom is -0.497 e. The van der Waals surface area contributed by atoms with Gasteiger partial charge in [-0.3, -0.25) is 14.6 Å². The minimum absolute atomic E-state index is 0.315. The summed E-state index contributed by atoms with van der Waals surface area (Å²) < 4.78 is 5.30. The van der Waals surface area contributed by atoms with Gasteiger partial charge in [0.1, 0.15) is 5.75 Å². The molecule has 5 nitrogen and oxygen atoms in total. The molecular formula is C22H33N3O2. The molecule has 3 atom stereocenters. The Morgan fingerprint density at radius 3 is 2.52 bits per heavy atom. The Balaban J connectivity index is 1.40. The van der Waals surface area contributed by atoms with E-state index < -0.39 is 0 Å². The van der Waals surface area contributed by atoms with E-state index in [1.165, 1.54) is 31.2 Å². The maximum absolute atomic E-state index is 12.9. The monoisotopic (exact) mass is 371 g/mol. The van der Waals surface area contributed by atoms with Gasteiger partial charge >= 0.3 is 0 Å². The summed E-state index contributed by atoms with van der Waals surface area (Å²) in [6.07, 6.45) is 5.12. The molecule has 2 aliphatic heterocycles. The van der Waals surface area contributed by atoms with Crippen LogP contribution in [0.5, 0.6) is 5.75 Å². The highest BCUT2D eigenvalue weighted by Crippen LogP contribution is 2.44. The number of carbonyl (C=O) groups excluding carboxylic acids is 1. The third-order valence-corrected chi connectivity index (χ3v) is 7.04. The summed E-state index contributed by atoms with van der Waals surface area (Å²) in [5.74, 6) is 2.33. The van der Waals surface area contributed by atoms with Crippen molar-refractivity contribution in [1.82, 2.24) is 14.7 Å². The Kier molecular flexibility index (Phi) is 5.42. The van der Waals surface area contributed by atoms with Crippen molar-refractivity contribution < 1.29 is 9.53 Å². The summed E-state index contributed by atoms with van der Waals surface area (Å²) in [4.78, 5) is 19.8. The van der Waals surface area contributed by atoms with Crippen LogP contribution in [0.2, 0.25) is 0 Å². The Bertz CT molecular complexity index is 656. The highest BCUT2D eigenvalue weighted by Gasteiger charge is 2.47. The van der Waals surface area contributed by atoms with Gasteiger partial charge in [0.25, 0.3) is 0 Å². The van der Waals surface area contributed by atoms with Crippen molar-refractivity contribution in [3.63, 3.8) is 0 Å². The zero-order valence-electron chi connectivity index (χ0n) is 16.9. The van der Waals surface area contributed by atoms with Crippen molar-refractivity contribution in [2.75, 3.05) is 47.4 Å². The molecule has 0 bridgehead atoms. The van der Waals surface area contributed by atoms with Crippen molar-refractivity contribution >= 4 is 5.91 Å². The Morgan fingerprint density at radius 1 is 1.15 bits per heavy atom. The predicted molar refractivity (Wildman–Crippen MR) is 107 cm³/mol. The van der Waals surface area contributed by atoms with Crippen LogP contribution in [-0.4, -0.2) is 74.0 Å². The molecule has 2 heterocycles. The molecule has 1 saturated carbocycles. The summed E-state index contributed by atoms with van der Waals surface area (Å²) in [5.41, 5.74) is 1.34. The number of fused-ring (bicyclic) bond motifs is 1. The van der Waals surface area contributed by atoms with Gasteiger partial charge in [0, 0.05) is 37.6 Å². The maximum atomic E-state index is 12.9. The van der Waals surface area contributed by atoms with Crippen LogP contribution in [0.15, 0.2) is 24.3 Å².